The van der Waals surface area contributed by atoms with E-state index in [0.717, 1.165) is 51.2 Å². The van der Waals surface area contributed by atoms with E-state index in [9.17, 15) is 0 Å². The third-order valence-electron chi connectivity index (χ3n) is 11.1. The standard InChI is InChI=1S/C49H39BrO/c1-49(2)44-16-7-6-12-40(44)41-29-28-38(31-45(41)49)37(27-20-32-18-23-35(24-19-32)34-10-4-3-5-11-34)30-33-21-25-36(26-22-33)39-13-8-14-42-43-15-9-17-46(50)48(43)51-47(39)42/h3-19,21-26,28-29,31,37H,20,27,30H2,1-2H3. The number of hydrogen-bond donors (Lipinski definition) is 0. The van der Waals surface area contributed by atoms with Gasteiger partial charge in [-0.1, -0.05) is 166 Å². The van der Waals surface area contributed by atoms with Gasteiger partial charge in [-0.15, -0.1) is 0 Å². The first-order chi connectivity index (χ1) is 24.9. The van der Waals surface area contributed by atoms with Gasteiger partial charge in [-0.3, -0.25) is 0 Å². The number of furan rings is 1. The van der Waals surface area contributed by atoms with E-state index in [2.05, 4.69) is 181 Å². The second-order valence-electron chi connectivity index (χ2n) is 14.6. The van der Waals surface area contributed by atoms with Crippen LogP contribution in [0.25, 0.3) is 55.3 Å². The fourth-order valence-electron chi connectivity index (χ4n) is 8.32. The normalized spacial score (nSPS) is 13.7. The van der Waals surface area contributed by atoms with Crippen LogP contribution in [0.15, 0.2) is 167 Å². The smallest absolute Gasteiger partial charge is 0.149 e. The van der Waals surface area contributed by atoms with E-state index in [1.54, 1.807) is 0 Å². The van der Waals surface area contributed by atoms with Crippen molar-refractivity contribution in [3.05, 3.63) is 190 Å². The maximum absolute atomic E-state index is 6.46. The fourth-order valence-corrected chi connectivity index (χ4v) is 8.76. The van der Waals surface area contributed by atoms with Gasteiger partial charge in [0.2, 0.25) is 0 Å². The highest BCUT2D eigenvalue weighted by Crippen LogP contribution is 2.49. The first-order valence-corrected chi connectivity index (χ1v) is 18.8. The molecule has 0 aliphatic heterocycles. The Balaban J connectivity index is 1.03. The summed E-state index contributed by atoms with van der Waals surface area (Å²) in [7, 11) is 0. The van der Waals surface area contributed by atoms with Crippen molar-refractivity contribution in [2.24, 2.45) is 0 Å². The van der Waals surface area contributed by atoms with Crippen LogP contribution in [-0.2, 0) is 18.3 Å². The lowest BCUT2D eigenvalue weighted by molar-refractivity contribution is 0.614. The van der Waals surface area contributed by atoms with Crippen LogP contribution in [0, 0.1) is 0 Å². The van der Waals surface area contributed by atoms with Gasteiger partial charge in [0.15, 0.2) is 0 Å². The van der Waals surface area contributed by atoms with Crippen molar-refractivity contribution >= 4 is 37.9 Å². The number of aryl methyl sites for hydroxylation is 1. The van der Waals surface area contributed by atoms with Gasteiger partial charge in [-0.05, 0) is 103 Å². The molecule has 51 heavy (non-hydrogen) atoms. The average Bonchev–Trinajstić information content (AvgIpc) is 3.67. The van der Waals surface area contributed by atoms with Crippen LogP contribution in [-0.4, -0.2) is 0 Å². The van der Waals surface area contributed by atoms with Crippen LogP contribution in [0.3, 0.4) is 0 Å². The Bertz CT molecular complexity index is 2520. The molecule has 1 atom stereocenters. The molecule has 0 bridgehead atoms. The molecule has 0 N–H and O–H groups in total. The summed E-state index contributed by atoms with van der Waals surface area (Å²) in [6.07, 6.45) is 3.09. The zero-order chi connectivity index (χ0) is 34.5. The Morgan fingerprint density at radius 3 is 1.96 bits per heavy atom. The van der Waals surface area contributed by atoms with Crippen LogP contribution in [0.5, 0.6) is 0 Å². The van der Waals surface area contributed by atoms with Gasteiger partial charge in [0.05, 0.1) is 4.47 Å². The van der Waals surface area contributed by atoms with E-state index in [4.69, 9.17) is 4.42 Å². The van der Waals surface area contributed by atoms with E-state index in [0.29, 0.717) is 5.92 Å². The van der Waals surface area contributed by atoms with E-state index < -0.39 is 0 Å². The summed E-state index contributed by atoms with van der Waals surface area (Å²) in [5, 5.41) is 2.28. The molecule has 248 valence electrons. The molecule has 1 aliphatic carbocycles. The lowest BCUT2D eigenvalue weighted by Gasteiger charge is -2.24. The molecule has 7 aromatic carbocycles. The summed E-state index contributed by atoms with van der Waals surface area (Å²) in [5.74, 6) is 0.380. The maximum atomic E-state index is 6.46. The molecule has 1 unspecified atom stereocenters. The lowest BCUT2D eigenvalue weighted by atomic mass is 9.79. The van der Waals surface area contributed by atoms with E-state index in [1.165, 1.54) is 55.6 Å². The summed E-state index contributed by atoms with van der Waals surface area (Å²) in [6.45, 7) is 4.76. The maximum Gasteiger partial charge on any atom is 0.149 e. The topological polar surface area (TPSA) is 13.1 Å². The van der Waals surface area contributed by atoms with Crippen molar-refractivity contribution in [1.82, 2.24) is 0 Å². The van der Waals surface area contributed by atoms with E-state index >= 15 is 0 Å². The van der Waals surface area contributed by atoms with Gasteiger partial charge in [0.1, 0.15) is 11.2 Å². The van der Waals surface area contributed by atoms with Gasteiger partial charge >= 0.3 is 0 Å². The van der Waals surface area contributed by atoms with Crippen molar-refractivity contribution < 1.29 is 4.42 Å². The zero-order valence-corrected chi connectivity index (χ0v) is 30.6. The highest BCUT2D eigenvalue weighted by atomic mass is 79.9. The zero-order valence-electron chi connectivity index (χ0n) is 29.0. The largest absolute Gasteiger partial charge is 0.454 e. The first kappa shape index (κ1) is 31.8. The molecule has 9 rings (SSSR count). The second kappa shape index (κ2) is 12.9. The molecule has 1 heterocycles. The van der Waals surface area contributed by atoms with Gasteiger partial charge in [0, 0.05) is 21.8 Å². The second-order valence-corrected chi connectivity index (χ2v) is 15.4. The van der Waals surface area contributed by atoms with Gasteiger partial charge < -0.3 is 4.42 Å². The van der Waals surface area contributed by atoms with Crippen molar-refractivity contribution in [2.45, 2.75) is 44.4 Å². The molecule has 0 fully saturated rings. The summed E-state index contributed by atoms with van der Waals surface area (Å²) >= 11 is 3.68. The minimum absolute atomic E-state index is 0.0192. The number of rotatable bonds is 8. The summed E-state index contributed by atoms with van der Waals surface area (Å²) in [4.78, 5) is 0. The Labute approximate surface area is 308 Å². The van der Waals surface area contributed by atoms with Crippen molar-refractivity contribution in [2.75, 3.05) is 0 Å². The molecule has 0 saturated heterocycles. The monoisotopic (exact) mass is 722 g/mol. The van der Waals surface area contributed by atoms with Crippen LogP contribution in [0.4, 0.5) is 0 Å². The Morgan fingerprint density at radius 2 is 1.16 bits per heavy atom. The molecule has 1 aliphatic rings. The molecule has 1 nitrogen and oxygen atoms in total. The van der Waals surface area contributed by atoms with E-state index in [1.807, 2.05) is 6.07 Å². The SMILES string of the molecule is CC1(C)c2ccccc2-c2ccc(C(CCc3ccc(-c4ccccc4)cc3)Cc3ccc(-c4cccc5c4oc4c(Br)cccc45)cc3)cc21. The van der Waals surface area contributed by atoms with Gasteiger partial charge in [-0.2, -0.15) is 0 Å². The van der Waals surface area contributed by atoms with Crippen molar-refractivity contribution in [3.63, 3.8) is 0 Å². The minimum atomic E-state index is -0.0192. The Hall–Kier alpha value is -5.18. The highest BCUT2D eigenvalue weighted by Gasteiger charge is 2.35. The quantitative estimate of drug-likeness (QED) is 0.152. The lowest BCUT2D eigenvalue weighted by Crippen LogP contribution is -2.16. The Morgan fingerprint density at radius 1 is 0.529 bits per heavy atom. The Kier molecular flexibility index (Phi) is 8.01. The van der Waals surface area contributed by atoms with E-state index in [-0.39, 0.29) is 5.41 Å². The molecule has 8 aromatic rings. The molecule has 0 radical (unpaired) electrons. The van der Waals surface area contributed by atoms with Crippen LogP contribution in [0.1, 0.15) is 54.0 Å². The molecule has 0 spiro atoms. The predicted octanol–water partition coefficient (Wildman–Crippen LogP) is 13.9. The van der Waals surface area contributed by atoms with Crippen molar-refractivity contribution in [3.8, 4) is 33.4 Å². The number of fused-ring (bicyclic) bond motifs is 6. The van der Waals surface area contributed by atoms with Gasteiger partial charge in [-0.25, -0.2) is 0 Å². The fraction of sp³-hybridized carbons (Fsp3) is 0.143. The molecule has 1 aromatic heterocycles. The molecular formula is C49H39BrO. The van der Waals surface area contributed by atoms with Crippen LogP contribution < -0.4 is 0 Å². The van der Waals surface area contributed by atoms with Crippen LogP contribution in [0.2, 0.25) is 0 Å². The molecule has 0 amide bonds. The number of benzene rings is 7. The summed E-state index contributed by atoms with van der Waals surface area (Å²) < 4.78 is 7.44. The first-order valence-electron chi connectivity index (χ1n) is 18.0. The molecular weight excluding hydrogens is 684 g/mol. The third-order valence-corrected chi connectivity index (χ3v) is 11.8. The van der Waals surface area contributed by atoms with Gasteiger partial charge in [0.25, 0.3) is 0 Å². The molecule has 2 heteroatoms. The summed E-state index contributed by atoms with van der Waals surface area (Å²) in [5.41, 5.74) is 16.4. The molecule has 0 saturated carbocycles. The number of hydrogen-bond acceptors (Lipinski definition) is 1. The summed E-state index contributed by atoms with van der Waals surface area (Å²) in [6, 6.07) is 57.9. The predicted molar refractivity (Wildman–Crippen MR) is 218 cm³/mol. The minimum Gasteiger partial charge on any atom is -0.454 e. The average molecular weight is 724 g/mol. The number of halogens is 1. The highest BCUT2D eigenvalue weighted by molar-refractivity contribution is 9.10. The van der Waals surface area contributed by atoms with Crippen molar-refractivity contribution in [1.29, 1.82) is 0 Å². The van der Waals surface area contributed by atoms with Crippen LogP contribution >= 0.6 is 15.9 Å². The number of para-hydroxylation sites is 2. The third kappa shape index (κ3) is 5.72.